The summed E-state index contributed by atoms with van der Waals surface area (Å²) in [7, 11) is 3.02. The maximum absolute atomic E-state index is 13.7. The van der Waals surface area contributed by atoms with E-state index in [4.69, 9.17) is 10.5 Å². The van der Waals surface area contributed by atoms with Crippen LogP contribution in [0.3, 0.4) is 0 Å². The molecular weight excluding hydrogens is 484 g/mol. The summed E-state index contributed by atoms with van der Waals surface area (Å²) < 4.78 is 5.92. The first-order chi connectivity index (χ1) is 17.3. The highest BCUT2D eigenvalue weighted by atomic mass is 16.5. The first-order valence-corrected chi connectivity index (χ1v) is 12.0. The van der Waals surface area contributed by atoms with Gasteiger partial charge in [0.2, 0.25) is 5.78 Å². The number of hydrogen-bond donors (Lipinski definition) is 5. The quantitative estimate of drug-likeness (QED) is 0.282. The van der Waals surface area contributed by atoms with E-state index in [0.717, 1.165) is 0 Å². The summed E-state index contributed by atoms with van der Waals surface area (Å²) in [6, 6.07) is 3.19. The molecule has 1 saturated carbocycles. The highest BCUT2D eigenvalue weighted by Crippen LogP contribution is 2.56. The lowest BCUT2D eigenvalue weighted by molar-refractivity contribution is -0.181. The van der Waals surface area contributed by atoms with E-state index in [-0.39, 0.29) is 17.2 Å². The third-order valence-electron chi connectivity index (χ3n) is 8.13. The molecule has 11 heteroatoms. The number of nitrogens with zero attached hydrogens (tertiary/aromatic N) is 1. The molecule has 37 heavy (non-hydrogen) atoms. The lowest BCUT2D eigenvalue weighted by atomic mass is 9.55. The van der Waals surface area contributed by atoms with Crippen molar-refractivity contribution in [1.29, 1.82) is 0 Å². The zero-order chi connectivity index (χ0) is 27.1. The van der Waals surface area contributed by atoms with Crippen LogP contribution in [0.25, 0.3) is 0 Å². The average Bonchev–Trinajstić information content (AvgIpc) is 3.66. The van der Waals surface area contributed by atoms with Gasteiger partial charge < -0.3 is 30.9 Å². The van der Waals surface area contributed by atoms with Crippen molar-refractivity contribution in [2.24, 2.45) is 23.5 Å². The number of aliphatic hydroxyl groups is 3. The summed E-state index contributed by atoms with van der Waals surface area (Å²) in [6.45, 7) is 1.71. The van der Waals surface area contributed by atoms with E-state index in [1.165, 1.54) is 25.1 Å². The van der Waals surface area contributed by atoms with E-state index in [1.807, 2.05) is 0 Å². The van der Waals surface area contributed by atoms with Gasteiger partial charge in [-0.1, -0.05) is 19.1 Å². The van der Waals surface area contributed by atoms with E-state index in [0.29, 0.717) is 18.4 Å². The predicted molar refractivity (Wildman–Crippen MR) is 126 cm³/mol. The van der Waals surface area contributed by atoms with Gasteiger partial charge in [0.05, 0.1) is 23.4 Å². The normalized spacial score (nSPS) is 33.2. The van der Waals surface area contributed by atoms with Gasteiger partial charge in [0.25, 0.3) is 5.91 Å². The van der Waals surface area contributed by atoms with Crippen LogP contribution in [0.1, 0.15) is 41.6 Å². The number of primary amides is 1. The number of carbonyl (C=O) groups excluding carboxylic acids is 4. The molecule has 5 rings (SSSR count). The van der Waals surface area contributed by atoms with Gasteiger partial charge >= 0.3 is 5.97 Å². The number of aliphatic hydroxyl groups excluding tert-OH is 2. The van der Waals surface area contributed by atoms with Crippen molar-refractivity contribution in [2.75, 3.05) is 14.1 Å². The fraction of sp³-hybridized carbons (Fsp3) is 0.462. The predicted octanol–water partition coefficient (Wildman–Crippen LogP) is 0.613. The van der Waals surface area contributed by atoms with Crippen LogP contribution in [0.15, 0.2) is 40.9 Å². The first-order valence-electron chi connectivity index (χ1n) is 12.0. The molecule has 1 amide bonds. The lowest BCUT2D eigenvalue weighted by Crippen LogP contribution is -2.69. The standard InChI is InChI=1S/C26H28N2O9/c1-9-11-5-4-6-12(29)14(11)19(30)15-13(9)21(37-25(35)10-7-8-10)17-18(28(2)3)20(31)16(24(27)34)23(33)26(17,36)22(15)32/h4-6,9-10,13,17-18,21,29,31-32,36H,7-8H2,1-3H3,(H2,27,34)/t9-,13+,17+,18-,21-,26-/m0/s1. The Hall–Kier alpha value is -3.70. The van der Waals surface area contributed by atoms with Gasteiger partial charge in [0, 0.05) is 11.5 Å². The summed E-state index contributed by atoms with van der Waals surface area (Å²) in [5, 5.41) is 44.9. The molecule has 4 aliphatic carbocycles. The second-order valence-electron chi connectivity index (χ2n) is 10.5. The van der Waals surface area contributed by atoms with Crippen molar-refractivity contribution < 1.29 is 44.3 Å². The van der Waals surface area contributed by atoms with Gasteiger partial charge in [-0.15, -0.1) is 0 Å². The van der Waals surface area contributed by atoms with Gasteiger partial charge in [-0.2, -0.15) is 0 Å². The van der Waals surface area contributed by atoms with Gasteiger partial charge in [-0.05, 0) is 44.5 Å². The highest BCUT2D eigenvalue weighted by molar-refractivity contribution is 6.25. The van der Waals surface area contributed by atoms with Crippen molar-refractivity contribution >= 4 is 23.4 Å². The Morgan fingerprint density at radius 3 is 2.35 bits per heavy atom. The zero-order valence-corrected chi connectivity index (χ0v) is 20.5. The minimum atomic E-state index is -2.93. The third kappa shape index (κ3) is 3.27. The number of hydrogen-bond acceptors (Lipinski definition) is 10. The molecule has 0 radical (unpaired) electrons. The number of benzene rings is 1. The molecule has 6 N–H and O–H groups in total. The topological polar surface area (TPSA) is 188 Å². The fourth-order valence-electron chi connectivity index (χ4n) is 6.24. The number of phenolic OH excluding ortho intramolecular Hbond substituents is 1. The number of fused-ring (bicyclic) bond motifs is 3. The summed E-state index contributed by atoms with van der Waals surface area (Å²) in [6.07, 6.45) is -0.180. The van der Waals surface area contributed by atoms with E-state index < -0.39 is 81.6 Å². The average molecular weight is 513 g/mol. The second-order valence-corrected chi connectivity index (χ2v) is 10.5. The Bertz CT molecular complexity index is 1330. The fourth-order valence-corrected chi connectivity index (χ4v) is 6.24. The Labute approximate surface area is 211 Å². The number of ether oxygens (including phenoxy) is 1. The van der Waals surface area contributed by atoms with Crippen LogP contribution in [0.4, 0.5) is 0 Å². The smallest absolute Gasteiger partial charge is 0.309 e. The first kappa shape index (κ1) is 25.0. The van der Waals surface area contributed by atoms with Crippen molar-refractivity contribution in [3.8, 4) is 5.75 Å². The van der Waals surface area contributed by atoms with Crippen LogP contribution >= 0.6 is 0 Å². The Kier molecular flexibility index (Phi) is 5.50. The maximum Gasteiger partial charge on any atom is 0.309 e. The number of Topliss-reactive ketones (excluding diaryl/α,β-unsaturated/α-hetero) is 2. The summed E-state index contributed by atoms with van der Waals surface area (Å²) in [5.74, 6) is -9.82. The largest absolute Gasteiger partial charge is 0.510 e. The Morgan fingerprint density at radius 1 is 1.14 bits per heavy atom. The number of rotatable bonds is 4. The van der Waals surface area contributed by atoms with Crippen LogP contribution in [-0.4, -0.2) is 80.6 Å². The minimum Gasteiger partial charge on any atom is -0.510 e. The molecule has 1 aromatic carbocycles. The number of amides is 1. The van der Waals surface area contributed by atoms with Crippen molar-refractivity contribution in [2.45, 2.75) is 43.4 Å². The zero-order valence-electron chi connectivity index (χ0n) is 20.5. The monoisotopic (exact) mass is 512 g/mol. The number of nitrogens with two attached hydrogens (primary N) is 1. The molecule has 0 saturated heterocycles. The lowest BCUT2D eigenvalue weighted by Gasteiger charge is -2.54. The molecule has 0 aliphatic heterocycles. The van der Waals surface area contributed by atoms with E-state index in [2.05, 4.69) is 0 Å². The molecule has 6 atom stereocenters. The molecule has 196 valence electrons. The number of likely N-dealkylation sites (N-methyl/N-ethyl adjacent to an activating group) is 1. The molecule has 1 aromatic rings. The molecular formula is C26H28N2O9. The molecule has 0 heterocycles. The van der Waals surface area contributed by atoms with Gasteiger partial charge in [-0.25, -0.2) is 0 Å². The Morgan fingerprint density at radius 2 is 1.78 bits per heavy atom. The summed E-state index contributed by atoms with van der Waals surface area (Å²) in [4.78, 5) is 53.9. The summed E-state index contributed by atoms with van der Waals surface area (Å²) >= 11 is 0. The SMILES string of the molecule is C[C@H]1c2cccc(O)c2C(=O)C2=C(O)[C@]3(O)C(=O)C(C(N)=O)=C(O)[C@@H](N(C)C)[C@@H]3[C@@H](OC(=O)C3CC3)[C@@H]21. The van der Waals surface area contributed by atoms with E-state index in [9.17, 15) is 39.6 Å². The number of aromatic hydroxyl groups is 1. The van der Waals surface area contributed by atoms with Crippen LogP contribution in [0.5, 0.6) is 5.75 Å². The van der Waals surface area contributed by atoms with E-state index >= 15 is 0 Å². The van der Waals surface area contributed by atoms with Crippen molar-refractivity contribution in [3.05, 3.63) is 52.0 Å². The third-order valence-corrected chi connectivity index (χ3v) is 8.13. The molecule has 0 bridgehead atoms. The molecule has 11 nitrogen and oxygen atoms in total. The molecule has 0 spiro atoms. The van der Waals surface area contributed by atoms with Crippen LogP contribution < -0.4 is 5.73 Å². The number of ketones is 2. The van der Waals surface area contributed by atoms with Crippen molar-refractivity contribution in [3.63, 3.8) is 0 Å². The number of carbonyl (C=O) groups is 4. The van der Waals surface area contributed by atoms with E-state index in [1.54, 1.807) is 19.1 Å². The van der Waals surface area contributed by atoms with Gasteiger partial charge in [0.1, 0.15) is 28.9 Å². The van der Waals surface area contributed by atoms with Crippen LogP contribution in [0, 0.1) is 17.8 Å². The summed E-state index contributed by atoms with van der Waals surface area (Å²) in [5.41, 5.74) is 1.45. The van der Waals surface area contributed by atoms with Crippen molar-refractivity contribution in [1.82, 2.24) is 4.90 Å². The Balaban J connectivity index is 1.83. The molecule has 4 aliphatic rings. The maximum atomic E-state index is 13.7. The van der Waals surface area contributed by atoms with Crippen LogP contribution in [-0.2, 0) is 19.1 Å². The number of phenols is 1. The van der Waals surface area contributed by atoms with Gasteiger partial charge in [0.15, 0.2) is 11.4 Å². The van der Waals surface area contributed by atoms with Gasteiger partial charge in [-0.3, -0.25) is 24.1 Å². The minimum absolute atomic E-state index is 0.108. The number of esters is 1. The second kappa shape index (κ2) is 8.15. The molecule has 0 aromatic heterocycles. The molecule has 1 fully saturated rings. The molecule has 0 unspecified atom stereocenters. The highest BCUT2D eigenvalue weighted by Gasteiger charge is 2.68. The van der Waals surface area contributed by atoms with Crippen LogP contribution in [0.2, 0.25) is 0 Å².